The van der Waals surface area contributed by atoms with Crippen LogP contribution in [-0.2, 0) is 9.59 Å². The van der Waals surface area contributed by atoms with Crippen molar-refractivity contribution in [2.24, 2.45) is 5.92 Å². The number of piperidine rings is 1. The molecule has 1 saturated heterocycles. The van der Waals surface area contributed by atoms with E-state index in [2.05, 4.69) is 29.6 Å². The molecule has 2 atom stereocenters. The maximum atomic E-state index is 12.6. The molecule has 0 aliphatic carbocycles. The van der Waals surface area contributed by atoms with Gasteiger partial charge in [-0.15, -0.1) is 0 Å². The van der Waals surface area contributed by atoms with E-state index in [9.17, 15) is 9.59 Å². The number of rotatable bonds is 7. The van der Waals surface area contributed by atoms with Gasteiger partial charge in [-0.3, -0.25) is 9.59 Å². The Bertz CT molecular complexity index is 498. The molecule has 1 heterocycles. The molecular weight excluding hydrogens is 292 g/mol. The van der Waals surface area contributed by atoms with Crippen molar-refractivity contribution in [3.63, 3.8) is 0 Å². The Balaban J connectivity index is 1.90. The molecule has 0 spiro atoms. The summed E-state index contributed by atoms with van der Waals surface area (Å²) in [5.41, 5.74) is 1.34. The Labute approximate surface area is 137 Å². The summed E-state index contributed by atoms with van der Waals surface area (Å²) >= 11 is 0. The molecule has 2 rings (SSSR count). The average molecular weight is 318 g/mol. The molecule has 0 bridgehead atoms. The molecule has 1 aromatic rings. The molecule has 23 heavy (non-hydrogen) atoms. The van der Waals surface area contributed by atoms with E-state index in [4.69, 9.17) is 5.11 Å². The summed E-state index contributed by atoms with van der Waals surface area (Å²) in [4.78, 5) is 25.2. The van der Waals surface area contributed by atoms with Crippen molar-refractivity contribution >= 4 is 12.3 Å². The Kier molecular flexibility index (Phi) is 6.59. The second-order valence-corrected chi connectivity index (χ2v) is 6.20. The van der Waals surface area contributed by atoms with Gasteiger partial charge in [0.1, 0.15) is 0 Å². The Morgan fingerprint density at radius 1 is 1.35 bits per heavy atom. The largest absolute Gasteiger partial charge is 0.396 e. The summed E-state index contributed by atoms with van der Waals surface area (Å²) in [5, 5.41) is 11.7. The van der Waals surface area contributed by atoms with Crippen molar-refractivity contribution in [2.75, 3.05) is 19.7 Å². The van der Waals surface area contributed by atoms with Crippen LogP contribution in [0.4, 0.5) is 0 Å². The van der Waals surface area contributed by atoms with Gasteiger partial charge in [-0.25, -0.2) is 0 Å². The molecule has 5 nitrogen and oxygen atoms in total. The SMILES string of the molecule is CC(C(=O)N1CCC(c2ccccc2)CC1)C(CCO)NC=O. The molecule has 0 radical (unpaired) electrons. The average Bonchev–Trinajstić information content (AvgIpc) is 2.61. The molecule has 0 aromatic heterocycles. The molecule has 1 fully saturated rings. The van der Waals surface area contributed by atoms with E-state index in [0.29, 0.717) is 18.7 Å². The normalized spacial score (nSPS) is 18.3. The van der Waals surface area contributed by atoms with Crippen molar-refractivity contribution in [1.29, 1.82) is 0 Å². The molecule has 2 unspecified atom stereocenters. The van der Waals surface area contributed by atoms with Crippen molar-refractivity contribution < 1.29 is 14.7 Å². The van der Waals surface area contributed by atoms with Gasteiger partial charge < -0.3 is 15.3 Å². The molecule has 1 aliphatic heterocycles. The van der Waals surface area contributed by atoms with Gasteiger partial charge >= 0.3 is 0 Å². The van der Waals surface area contributed by atoms with E-state index in [-0.39, 0.29) is 24.5 Å². The van der Waals surface area contributed by atoms with Gasteiger partial charge in [0.2, 0.25) is 12.3 Å². The number of amides is 2. The Morgan fingerprint density at radius 3 is 2.57 bits per heavy atom. The number of hydrogen-bond acceptors (Lipinski definition) is 3. The van der Waals surface area contributed by atoms with Crippen LogP contribution in [0.3, 0.4) is 0 Å². The first-order valence-electron chi connectivity index (χ1n) is 8.31. The maximum Gasteiger partial charge on any atom is 0.227 e. The maximum absolute atomic E-state index is 12.6. The van der Waals surface area contributed by atoms with E-state index in [0.717, 1.165) is 25.9 Å². The second-order valence-electron chi connectivity index (χ2n) is 6.20. The lowest BCUT2D eigenvalue weighted by Gasteiger charge is -2.35. The fourth-order valence-electron chi connectivity index (χ4n) is 3.32. The molecule has 126 valence electrons. The number of hydrogen-bond donors (Lipinski definition) is 2. The minimum atomic E-state index is -0.319. The number of benzene rings is 1. The summed E-state index contributed by atoms with van der Waals surface area (Å²) in [7, 11) is 0. The van der Waals surface area contributed by atoms with Crippen LogP contribution in [0.5, 0.6) is 0 Å². The number of carbonyl (C=O) groups excluding carboxylic acids is 2. The molecule has 1 aromatic carbocycles. The highest BCUT2D eigenvalue weighted by molar-refractivity contribution is 5.79. The summed E-state index contributed by atoms with van der Waals surface area (Å²) in [5.74, 6) is 0.252. The monoisotopic (exact) mass is 318 g/mol. The first kappa shape index (κ1) is 17.5. The fraction of sp³-hybridized carbons (Fsp3) is 0.556. The number of nitrogens with zero attached hydrogens (tertiary/aromatic N) is 1. The van der Waals surface area contributed by atoms with Gasteiger partial charge in [-0.2, -0.15) is 0 Å². The lowest BCUT2D eigenvalue weighted by atomic mass is 9.88. The number of nitrogens with one attached hydrogen (secondary N) is 1. The number of carbonyl (C=O) groups is 2. The smallest absolute Gasteiger partial charge is 0.227 e. The van der Waals surface area contributed by atoms with Crippen molar-refractivity contribution in [1.82, 2.24) is 10.2 Å². The molecule has 0 saturated carbocycles. The van der Waals surface area contributed by atoms with Gasteiger partial charge in [0, 0.05) is 25.7 Å². The summed E-state index contributed by atoms with van der Waals surface area (Å²) in [6.07, 6.45) is 2.93. The third-order valence-electron chi connectivity index (χ3n) is 4.79. The Morgan fingerprint density at radius 2 is 2.00 bits per heavy atom. The van der Waals surface area contributed by atoms with Crippen LogP contribution in [0.2, 0.25) is 0 Å². The second kappa shape index (κ2) is 8.67. The number of aliphatic hydroxyl groups excluding tert-OH is 1. The van der Waals surface area contributed by atoms with Crippen LogP contribution in [0.1, 0.15) is 37.7 Å². The van der Waals surface area contributed by atoms with E-state index >= 15 is 0 Å². The zero-order valence-corrected chi connectivity index (χ0v) is 13.6. The van der Waals surface area contributed by atoms with Gasteiger partial charge in [0.05, 0.1) is 5.92 Å². The van der Waals surface area contributed by atoms with Crippen LogP contribution in [0, 0.1) is 5.92 Å². The highest BCUT2D eigenvalue weighted by Gasteiger charge is 2.30. The van der Waals surface area contributed by atoms with E-state index in [1.54, 1.807) is 0 Å². The molecule has 2 amide bonds. The third kappa shape index (κ3) is 4.55. The number of likely N-dealkylation sites (tertiary alicyclic amines) is 1. The summed E-state index contributed by atoms with van der Waals surface area (Å²) in [6.45, 7) is 3.27. The highest BCUT2D eigenvalue weighted by Crippen LogP contribution is 2.28. The van der Waals surface area contributed by atoms with Crippen LogP contribution in [-0.4, -0.2) is 48.1 Å². The van der Waals surface area contributed by atoms with Crippen LogP contribution in [0.15, 0.2) is 30.3 Å². The molecule has 1 aliphatic rings. The van der Waals surface area contributed by atoms with Gasteiger partial charge in [0.25, 0.3) is 0 Å². The van der Waals surface area contributed by atoms with E-state index in [1.807, 2.05) is 17.9 Å². The Hall–Kier alpha value is -1.88. The molecule has 5 heteroatoms. The first-order chi connectivity index (χ1) is 11.2. The molecule has 2 N–H and O–H groups in total. The number of aliphatic hydroxyl groups is 1. The third-order valence-corrected chi connectivity index (χ3v) is 4.79. The lowest BCUT2D eigenvalue weighted by molar-refractivity contribution is -0.137. The summed E-state index contributed by atoms with van der Waals surface area (Å²) in [6, 6.07) is 10.1. The van der Waals surface area contributed by atoms with Crippen molar-refractivity contribution in [3.05, 3.63) is 35.9 Å². The van der Waals surface area contributed by atoms with Crippen LogP contribution < -0.4 is 5.32 Å². The van der Waals surface area contributed by atoms with Gasteiger partial charge in [-0.1, -0.05) is 37.3 Å². The summed E-state index contributed by atoms with van der Waals surface area (Å²) < 4.78 is 0. The standard InChI is InChI=1S/C18H26N2O3/c1-14(17(9-12-21)19-13-22)18(23)20-10-7-16(8-11-20)15-5-3-2-4-6-15/h2-6,13-14,16-17,21H,7-12H2,1H3,(H,19,22). The zero-order chi connectivity index (χ0) is 16.7. The topological polar surface area (TPSA) is 69.6 Å². The van der Waals surface area contributed by atoms with Crippen LogP contribution >= 0.6 is 0 Å². The van der Waals surface area contributed by atoms with Crippen molar-refractivity contribution in [2.45, 2.75) is 38.1 Å². The van der Waals surface area contributed by atoms with Gasteiger partial charge in [0.15, 0.2) is 0 Å². The predicted molar refractivity (Wildman–Crippen MR) is 88.9 cm³/mol. The van der Waals surface area contributed by atoms with Gasteiger partial charge in [-0.05, 0) is 30.7 Å². The quantitative estimate of drug-likeness (QED) is 0.749. The first-order valence-corrected chi connectivity index (χ1v) is 8.31. The van der Waals surface area contributed by atoms with Crippen LogP contribution in [0.25, 0.3) is 0 Å². The minimum absolute atomic E-state index is 0.0425. The predicted octanol–water partition coefficient (Wildman–Crippen LogP) is 1.53. The minimum Gasteiger partial charge on any atom is -0.396 e. The highest BCUT2D eigenvalue weighted by atomic mass is 16.3. The van der Waals surface area contributed by atoms with E-state index < -0.39 is 0 Å². The van der Waals surface area contributed by atoms with Crippen molar-refractivity contribution in [3.8, 4) is 0 Å². The zero-order valence-electron chi connectivity index (χ0n) is 13.6. The van der Waals surface area contributed by atoms with E-state index in [1.165, 1.54) is 5.56 Å². The molecular formula is C18H26N2O3. The fourth-order valence-corrected chi connectivity index (χ4v) is 3.32. The lowest BCUT2D eigenvalue weighted by Crippen LogP contribution is -2.47.